The monoisotopic (exact) mass is 276 g/mol. The summed E-state index contributed by atoms with van der Waals surface area (Å²) in [6, 6.07) is 15.8. The van der Waals surface area contributed by atoms with Crippen LogP contribution in [0.3, 0.4) is 0 Å². The van der Waals surface area contributed by atoms with Crippen molar-refractivity contribution in [2.24, 2.45) is 0 Å². The first-order chi connectivity index (χ1) is 10.3. The van der Waals surface area contributed by atoms with Gasteiger partial charge in [-0.05, 0) is 42.5 Å². The van der Waals surface area contributed by atoms with E-state index in [0.717, 1.165) is 17.2 Å². The molecular weight excluding hydrogens is 264 g/mol. The van der Waals surface area contributed by atoms with Crippen molar-refractivity contribution in [3.8, 4) is 0 Å². The average molecular weight is 276 g/mol. The van der Waals surface area contributed by atoms with Crippen LogP contribution in [0.2, 0.25) is 0 Å². The zero-order valence-electron chi connectivity index (χ0n) is 11.1. The van der Waals surface area contributed by atoms with E-state index in [1.54, 1.807) is 48.7 Å². The lowest BCUT2D eigenvalue weighted by atomic mass is 10.1. The number of anilines is 1. The van der Waals surface area contributed by atoms with Crippen LogP contribution in [0.25, 0.3) is 10.9 Å². The number of hydrogen-bond donors (Lipinski definition) is 1. The third-order valence-electron chi connectivity index (χ3n) is 3.19. The highest BCUT2D eigenvalue weighted by molar-refractivity contribution is 6.12. The zero-order chi connectivity index (χ0) is 14.7. The van der Waals surface area contributed by atoms with Crippen LogP contribution in [-0.4, -0.2) is 17.2 Å². The maximum absolute atomic E-state index is 12.4. The van der Waals surface area contributed by atoms with Crippen LogP contribution in [0.1, 0.15) is 20.7 Å². The fraction of sp³-hybridized carbons (Fsp3) is 0. The van der Waals surface area contributed by atoms with Crippen molar-refractivity contribution in [1.29, 1.82) is 0 Å². The second kappa shape index (κ2) is 5.54. The van der Waals surface area contributed by atoms with Crippen molar-refractivity contribution in [2.75, 3.05) is 5.32 Å². The van der Waals surface area contributed by atoms with E-state index < -0.39 is 0 Å². The normalized spacial score (nSPS) is 10.3. The van der Waals surface area contributed by atoms with Gasteiger partial charge < -0.3 is 5.32 Å². The number of pyridine rings is 1. The molecule has 0 saturated heterocycles. The summed E-state index contributed by atoms with van der Waals surface area (Å²) in [4.78, 5) is 27.2. The number of nitrogens with one attached hydrogen (secondary N) is 1. The van der Waals surface area contributed by atoms with Gasteiger partial charge in [0.15, 0.2) is 0 Å². The van der Waals surface area contributed by atoms with Crippen LogP contribution in [-0.2, 0) is 0 Å². The Balaban J connectivity index is 1.91. The molecule has 102 valence electrons. The van der Waals surface area contributed by atoms with Gasteiger partial charge in [-0.25, -0.2) is 0 Å². The second-order valence-corrected chi connectivity index (χ2v) is 4.57. The summed E-state index contributed by atoms with van der Waals surface area (Å²) in [5, 5.41) is 3.63. The maximum Gasteiger partial charge on any atom is 0.256 e. The van der Waals surface area contributed by atoms with E-state index >= 15 is 0 Å². The summed E-state index contributed by atoms with van der Waals surface area (Å²) in [5.74, 6) is -0.201. The van der Waals surface area contributed by atoms with Gasteiger partial charge in [-0.2, -0.15) is 0 Å². The topological polar surface area (TPSA) is 59.1 Å². The van der Waals surface area contributed by atoms with Gasteiger partial charge in [0.1, 0.15) is 6.29 Å². The van der Waals surface area contributed by atoms with Crippen molar-refractivity contribution in [2.45, 2.75) is 0 Å². The van der Waals surface area contributed by atoms with E-state index in [9.17, 15) is 9.59 Å². The van der Waals surface area contributed by atoms with Crippen molar-refractivity contribution < 1.29 is 9.59 Å². The van der Waals surface area contributed by atoms with E-state index in [4.69, 9.17) is 0 Å². The highest BCUT2D eigenvalue weighted by Gasteiger charge is 2.10. The van der Waals surface area contributed by atoms with Crippen LogP contribution in [0.15, 0.2) is 60.8 Å². The maximum atomic E-state index is 12.4. The molecule has 0 radical (unpaired) electrons. The van der Waals surface area contributed by atoms with Gasteiger partial charge in [-0.3, -0.25) is 14.6 Å². The first-order valence-corrected chi connectivity index (χ1v) is 6.48. The number of rotatable bonds is 3. The molecule has 0 fully saturated rings. The summed E-state index contributed by atoms with van der Waals surface area (Å²) in [6.45, 7) is 0. The Morgan fingerprint density at radius 3 is 2.57 bits per heavy atom. The molecule has 3 aromatic rings. The predicted octanol–water partition coefficient (Wildman–Crippen LogP) is 3.30. The summed E-state index contributed by atoms with van der Waals surface area (Å²) >= 11 is 0. The molecule has 0 saturated carbocycles. The number of carbonyl (C=O) groups excluding carboxylic acids is 2. The quantitative estimate of drug-likeness (QED) is 0.747. The third kappa shape index (κ3) is 2.65. The van der Waals surface area contributed by atoms with Crippen LogP contribution in [0, 0.1) is 0 Å². The molecule has 0 bridgehead atoms. The number of aromatic nitrogens is 1. The summed E-state index contributed by atoms with van der Waals surface area (Å²) in [5.41, 5.74) is 2.57. The Hall–Kier alpha value is -3.01. The highest BCUT2D eigenvalue weighted by Crippen LogP contribution is 2.18. The summed E-state index contributed by atoms with van der Waals surface area (Å²) in [7, 11) is 0. The molecule has 1 N–H and O–H groups in total. The van der Waals surface area contributed by atoms with Gasteiger partial charge in [-0.1, -0.05) is 12.1 Å². The fourth-order valence-corrected chi connectivity index (χ4v) is 2.14. The van der Waals surface area contributed by atoms with Crippen molar-refractivity contribution >= 4 is 28.8 Å². The van der Waals surface area contributed by atoms with Crippen LogP contribution in [0.4, 0.5) is 5.69 Å². The fourth-order valence-electron chi connectivity index (χ4n) is 2.14. The van der Waals surface area contributed by atoms with E-state index in [2.05, 4.69) is 10.3 Å². The third-order valence-corrected chi connectivity index (χ3v) is 3.19. The molecule has 0 unspecified atom stereocenters. The van der Waals surface area contributed by atoms with Gasteiger partial charge in [0.25, 0.3) is 5.91 Å². The smallest absolute Gasteiger partial charge is 0.256 e. The van der Waals surface area contributed by atoms with E-state index in [1.165, 1.54) is 0 Å². The molecule has 4 nitrogen and oxygen atoms in total. The number of hydrogen-bond acceptors (Lipinski definition) is 3. The average Bonchev–Trinajstić information content (AvgIpc) is 2.55. The standard InChI is InChI=1S/C17H12N2O2/c20-11-12-6-8-13(9-7-12)19-17(21)15-3-1-5-16-14(15)4-2-10-18-16/h1-11H,(H,19,21). The number of carbonyl (C=O) groups is 2. The van der Waals surface area contributed by atoms with E-state index in [-0.39, 0.29) is 5.91 Å². The van der Waals surface area contributed by atoms with Gasteiger partial charge in [-0.15, -0.1) is 0 Å². The molecule has 3 rings (SSSR count). The van der Waals surface area contributed by atoms with Gasteiger partial charge in [0.2, 0.25) is 0 Å². The molecule has 0 atom stereocenters. The van der Waals surface area contributed by atoms with Gasteiger partial charge in [0, 0.05) is 28.4 Å². The van der Waals surface area contributed by atoms with E-state index in [0.29, 0.717) is 16.8 Å². The molecule has 0 aliphatic rings. The molecule has 0 aliphatic carbocycles. The lowest BCUT2D eigenvalue weighted by molar-refractivity contribution is 0.102. The van der Waals surface area contributed by atoms with Crippen LogP contribution >= 0.6 is 0 Å². The summed E-state index contributed by atoms with van der Waals surface area (Å²) < 4.78 is 0. The SMILES string of the molecule is O=Cc1ccc(NC(=O)c2cccc3ncccc23)cc1. The Morgan fingerprint density at radius 1 is 1.00 bits per heavy atom. The van der Waals surface area contributed by atoms with Gasteiger partial charge >= 0.3 is 0 Å². The summed E-state index contributed by atoms with van der Waals surface area (Å²) in [6.07, 6.45) is 2.46. The number of amides is 1. The molecule has 1 aromatic heterocycles. The lowest BCUT2D eigenvalue weighted by Crippen LogP contribution is -2.12. The first-order valence-electron chi connectivity index (χ1n) is 6.48. The lowest BCUT2D eigenvalue weighted by Gasteiger charge is -2.07. The second-order valence-electron chi connectivity index (χ2n) is 4.57. The minimum atomic E-state index is -0.201. The number of benzene rings is 2. The molecule has 4 heteroatoms. The minimum Gasteiger partial charge on any atom is -0.322 e. The Kier molecular flexibility index (Phi) is 3.43. The molecule has 0 aliphatic heterocycles. The molecule has 2 aromatic carbocycles. The van der Waals surface area contributed by atoms with Crippen molar-refractivity contribution in [3.63, 3.8) is 0 Å². The largest absolute Gasteiger partial charge is 0.322 e. The number of aldehydes is 1. The van der Waals surface area contributed by atoms with Crippen molar-refractivity contribution in [3.05, 3.63) is 71.9 Å². The molecular formula is C17H12N2O2. The van der Waals surface area contributed by atoms with E-state index in [1.807, 2.05) is 12.1 Å². The van der Waals surface area contributed by atoms with Gasteiger partial charge in [0.05, 0.1) is 5.52 Å². The van der Waals surface area contributed by atoms with Crippen molar-refractivity contribution in [1.82, 2.24) is 4.98 Å². The molecule has 1 heterocycles. The van der Waals surface area contributed by atoms with Crippen LogP contribution in [0.5, 0.6) is 0 Å². The van der Waals surface area contributed by atoms with Crippen LogP contribution < -0.4 is 5.32 Å². The first kappa shape index (κ1) is 13.0. The molecule has 1 amide bonds. The minimum absolute atomic E-state index is 0.201. The Morgan fingerprint density at radius 2 is 1.81 bits per heavy atom. The Labute approximate surface area is 121 Å². The number of nitrogens with zero attached hydrogens (tertiary/aromatic N) is 1. The molecule has 0 spiro atoms. The molecule has 21 heavy (non-hydrogen) atoms. The Bertz CT molecular complexity index is 805. The highest BCUT2D eigenvalue weighted by atomic mass is 16.1. The zero-order valence-corrected chi connectivity index (χ0v) is 11.1. The number of fused-ring (bicyclic) bond motifs is 1. The predicted molar refractivity (Wildman–Crippen MR) is 81.5 cm³/mol.